The van der Waals surface area contributed by atoms with E-state index >= 15 is 0 Å². The second-order valence-corrected chi connectivity index (χ2v) is 17.1. The molecule has 12 N–H and O–H groups in total. The molecule has 0 bridgehead atoms. The first-order chi connectivity index (χ1) is 29.8. The molecule has 0 aliphatic carbocycles. The molecule has 18 atom stereocenters. The lowest BCUT2D eigenvalue weighted by Crippen LogP contribution is -2.98. The van der Waals surface area contributed by atoms with E-state index in [0.29, 0.717) is 34.6 Å². The Morgan fingerprint density at radius 1 is 0.470 bits per heavy atom. The molecule has 1 amide bonds. The molecule has 26 heteroatoms. The van der Waals surface area contributed by atoms with Crippen LogP contribution in [0.4, 0.5) is 0 Å². The third-order valence-electron chi connectivity index (χ3n) is 13.2. The molecule has 3 saturated heterocycles. The van der Waals surface area contributed by atoms with Gasteiger partial charge in [0.1, 0.15) is 54.9 Å². The van der Waals surface area contributed by atoms with Crippen molar-refractivity contribution in [2.45, 2.75) is 182 Å². The van der Waals surface area contributed by atoms with Crippen molar-refractivity contribution in [2.75, 3.05) is 6.61 Å². The Morgan fingerprint density at radius 2 is 0.803 bits per heavy atom. The molecular weight excluding hydrogens is 894 g/mol. The minimum atomic E-state index is -4.96. The number of nitrogens with one attached hydrogen (secondary N) is 1. The second kappa shape index (κ2) is 18.1. The van der Waals surface area contributed by atoms with Crippen LogP contribution in [-0.2, 0) is 66.9 Å². The predicted octanol–water partition coefficient (Wildman–Crippen LogP) is -7.98. The number of hydrogen-bond acceptors (Lipinski definition) is 25. The van der Waals surface area contributed by atoms with E-state index in [1.54, 1.807) is 0 Å². The van der Waals surface area contributed by atoms with Gasteiger partial charge < -0.3 is 80.4 Å². The molecule has 3 aliphatic heterocycles. The molecule has 0 spiro atoms. The van der Waals surface area contributed by atoms with Crippen LogP contribution in [0.3, 0.4) is 0 Å². The summed E-state index contributed by atoms with van der Waals surface area (Å²) < 4.78 is 22.5. The van der Waals surface area contributed by atoms with E-state index in [9.17, 15) is 104 Å². The summed E-state index contributed by atoms with van der Waals surface area (Å²) in [6, 6.07) is -2.52. The maximum absolute atomic E-state index is 14.4. The Morgan fingerprint density at radius 3 is 1.14 bits per heavy atom. The SMILES string of the molecule is CCO[C@H]1O[C@H](C(O)C(C)=O)[C@](O)([C@@H]2O[C@H](C(O)C(C)=O)[C@@](O)([C@@H]3O[C@H](C(O)C(C)=O)[C@@](O)(C(C)=O)[C@@](O)(C(C)=O)[C@]3(O)C(C)=O)[C@@](O)(C(C)=O)[C@]2(O)C(C)=O)[C@@](O)(C(C)=O)[C@@H]1NC(C)=O. The minimum absolute atomic E-state index is 0.185. The number of carbonyl (C=O) groups is 10. The fourth-order valence-corrected chi connectivity index (χ4v) is 9.79. The smallest absolute Gasteiger partial charge is 0.217 e. The highest BCUT2D eigenvalue weighted by atomic mass is 16.7. The molecule has 0 aromatic heterocycles. The number of aliphatic hydroxyl groups excluding tert-OH is 3. The van der Waals surface area contributed by atoms with Crippen molar-refractivity contribution in [2.24, 2.45) is 0 Å². The van der Waals surface area contributed by atoms with Crippen LogP contribution in [0.15, 0.2) is 0 Å². The summed E-state index contributed by atoms with van der Waals surface area (Å²) in [7, 11) is 0. The van der Waals surface area contributed by atoms with Crippen molar-refractivity contribution >= 4 is 58.0 Å². The zero-order valence-electron chi connectivity index (χ0n) is 37.6. The topological polar surface area (TPSA) is 442 Å². The van der Waals surface area contributed by atoms with E-state index in [4.69, 9.17) is 18.9 Å². The van der Waals surface area contributed by atoms with Crippen LogP contribution in [0.2, 0.25) is 0 Å². The van der Waals surface area contributed by atoms with Crippen molar-refractivity contribution in [1.82, 2.24) is 5.32 Å². The molecule has 66 heavy (non-hydrogen) atoms. The maximum atomic E-state index is 14.4. The molecule has 26 nitrogen and oxygen atoms in total. The van der Waals surface area contributed by atoms with Crippen molar-refractivity contribution < 1.29 is 123 Å². The van der Waals surface area contributed by atoms with Gasteiger partial charge in [0.05, 0.1) is 0 Å². The van der Waals surface area contributed by atoms with Gasteiger partial charge in [-0.3, -0.25) is 47.9 Å². The molecule has 0 radical (unpaired) electrons. The third-order valence-corrected chi connectivity index (χ3v) is 13.2. The fourth-order valence-electron chi connectivity index (χ4n) is 9.79. The van der Waals surface area contributed by atoms with Crippen molar-refractivity contribution in [3.8, 4) is 0 Å². The highest BCUT2D eigenvalue weighted by Gasteiger charge is 2.91. The summed E-state index contributed by atoms with van der Waals surface area (Å²) in [4.78, 5) is 136. The van der Waals surface area contributed by atoms with E-state index < -0.39 is 171 Å². The van der Waals surface area contributed by atoms with Gasteiger partial charge in [0, 0.05) is 13.5 Å². The van der Waals surface area contributed by atoms with Crippen LogP contribution in [0.1, 0.15) is 76.2 Å². The molecule has 3 heterocycles. The summed E-state index contributed by atoms with van der Waals surface area (Å²) in [5.74, 6) is -18.0. The zero-order chi connectivity index (χ0) is 51.8. The number of rotatable bonds is 17. The van der Waals surface area contributed by atoms with E-state index in [0.717, 1.165) is 6.92 Å². The van der Waals surface area contributed by atoms with Crippen LogP contribution in [0.25, 0.3) is 0 Å². The summed E-state index contributed by atoms with van der Waals surface area (Å²) in [6.07, 6.45) is -29.0. The third kappa shape index (κ3) is 7.03. The second-order valence-electron chi connectivity index (χ2n) is 17.1. The first kappa shape index (κ1) is 56.2. The zero-order valence-corrected chi connectivity index (χ0v) is 37.6. The first-order valence-electron chi connectivity index (χ1n) is 20.0. The highest BCUT2D eigenvalue weighted by Crippen LogP contribution is 2.60. The van der Waals surface area contributed by atoms with E-state index in [2.05, 4.69) is 0 Å². The van der Waals surface area contributed by atoms with Gasteiger partial charge in [-0.1, -0.05) is 0 Å². The Labute approximate surface area is 374 Å². The normalized spacial score (nSPS) is 42.8. The van der Waals surface area contributed by atoms with Gasteiger partial charge in [0.15, 0.2) is 103 Å². The number of hydrogen-bond donors (Lipinski definition) is 12. The van der Waals surface area contributed by atoms with Crippen LogP contribution >= 0.6 is 0 Å². The van der Waals surface area contributed by atoms with Crippen LogP contribution in [0.5, 0.6) is 0 Å². The van der Waals surface area contributed by atoms with Crippen LogP contribution in [0, 0.1) is 0 Å². The molecule has 3 fully saturated rings. The molecule has 3 unspecified atom stereocenters. The van der Waals surface area contributed by atoms with Gasteiger partial charge in [-0.2, -0.15) is 0 Å². The van der Waals surface area contributed by atoms with Gasteiger partial charge >= 0.3 is 0 Å². The molecular formula is C40H57NO25. The number of aliphatic hydroxyl groups is 11. The summed E-state index contributed by atoms with van der Waals surface area (Å²) in [5, 5.41) is 139. The molecule has 0 aromatic carbocycles. The average molecular weight is 952 g/mol. The number of Topliss-reactive ketones (excluding diaryl/α,β-unsaturated/α-hetero) is 9. The van der Waals surface area contributed by atoms with E-state index in [1.165, 1.54) is 6.92 Å². The molecule has 372 valence electrons. The summed E-state index contributed by atoms with van der Waals surface area (Å²) >= 11 is 0. The van der Waals surface area contributed by atoms with Gasteiger partial charge in [0.2, 0.25) is 5.91 Å². The number of carbonyl (C=O) groups excluding carboxylic acids is 10. The average Bonchev–Trinajstić information content (AvgIpc) is 3.20. The fraction of sp³-hybridized carbons (Fsp3) is 0.750. The van der Waals surface area contributed by atoms with Gasteiger partial charge in [0.25, 0.3) is 0 Å². The van der Waals surface area contributed by atoms with Crippen molar-refractivity contribution in [1.29, 1.82) is 0 Å². The Hall–Kier alpha value is -4.10. The number of ketones is 9. The number of amides is 1. The van der Waals surface area contributed by atoms with Gasteiger partial charge in [-0.15, -0.1) is 0 Å². The standard InChI is InChI=1S/C40H57NO25/c1-12-63-30-26(41-22(11)51)33(55,16(5)45)37(59,28(64-30)24(53)14(3)43)31-35(57,18(7)47)40(62,21(10)50)38(60,29(66-31)25(54)15(4)44)32-36(58,19(8)48)39(61,20(9)49)34(56,17(6)46)27(65-32)23(52)13(2)42/h23-32,52-62H,12H2,1-11H3,(H,41,51)/t23?,24?,25?,26-,27-,28-,29-,30+,31-,32-,33-,34+,35+,36+,37+,38-,39+,40-/m1/s1. The summed E-state index contributed by atoms with van der Waals surface area (Å²) in [5.41, 5.74) is -36.4. The Kier molecular flexibility index (Phi) is 15.4. The lowest BCUT2D eigenvalue weighted by Gasteiger charge is -2.69. The van der Waals surface area contributed by atoms with Crippen molar-refractivity contribution in [3.05, 3.63) is 0 Å². The molecule has 3 aliphatic rings. The highest BCUT2D eigenvalue weighted by molar-refractivity contribution is 6.07. The predicted molar refractivity (Wildman–Crippen MR) is 209 cm³/mol. The Bertz CT molecular complexity index is 2090. The molecule has 3 rings (SSSR count). The monoisotopic (exact) mass is 951 g/mol. The van der Waals surface area contributed by atoms with Crippen LogP contribution < -0.4 is 5.32 Å². The quantitative estimate of drug-likeness (QED) is 0.0644. The minimum Gasteiger partial charge on any atom is -0.382 e. The lowest BCUT2D eigenvalue weighted by molar-refractivity contribution is -0.434. The van der Waals surface area contributed by atoms with Crippen LogP contribution in [-0.4, -0.2) is 227 Å². The Balaban J connectivity index is 2.88. The first-order valence-corrected chi connectivity index (χ1v) is 20.0. The van der Waals surface area contributed by atoms with Gasteiger partial charge in [-0.05, 0) is 69.2 Å². The lowest BCUT2D eigenvalue weighted by atomic mass is 9.48. The number of ether oxygens (including phenoxy) is 4. The van der Waals surface area contributed by atoms with Crippen molar-refractivity contribution in [3.63, 3.8) is 0 Å². The van der Waals surface area contributed by atoms with Gasteiger partial charge in [-0.25, -0.2) is 0 Å². The molecule has 0 aromatic rings. The molecule has 0 saturated carbocycles. The van der Waals surface area contributed by atoms with E-state index in [-0.39, 0.29) is 27.7 Å². The summed E-state index contributed by atoms with van der Waals surface area (Å²) in [6.45, 7) is 5.07. The van der Waals surface area contributed by atoms with E-state index in [1.807, 2.05) is 5.32 Å². The largest absolute Gasteiger partial charge is 0.382 e. The maximum Gasteiger partial charge on any atom is 0.217 e.